The number of carbonyl (C=O) groups is 2. The van der Waals surface area contributed by atoms with Gasteiger partial charge >= 0.3 is 0 Å². The summed E-state index contributed by atoms with van der Waals surface area (Å²) in [6.45, 7) is 2.02. The first-order valence-corrected chi connectivity index (χ1v) is 9.13. The third-order valence-electron chi connectivity index (χ3n) is 4.17. The van der Waals surface area contributed by atoms with Gasteiger partial charge in [0, 0.05) is 50.5 Å². The molecule has 0 unspecified atom stereocenters. The average molecular weight is 390 g/mol. The van der Waals surface area contributed by atoms with Crippen LogP contribution in [0, 0.1) is 0 Å². The molecule has 2 N–H and O–H groups in total. The van der Waals surface area contributed by atoms with Gasteiger partial charge in [-0.15, -0.1) is 0 Å². The third kappa shape index (κ3) is 5.83. The Balaban J connectivity index is 1.62. The number of anilines is 3. The van der Waals surface area contributed by atoms with E-state index >= 15 is 0 Å². The smallest absolute Gasteiger partial charge is 0.272 e. The van der Waals surface area contributed by atoms with Gasteiger partial charge < -0.3 is 15.5 Å². The molecule has 8 heteroatoms. The number of benzene rings is 1. The lowest BCUT2D eigenvalue weighted by Gasteiger charge is -2.17. The van der Waals surface area contributed by atoms with Crippen LogP contribution in [0.5, 0.6) is 0 Å². The van der Waals surface area contributed by atoms with Gasteiger partial charge in [0.15, 0.2) is 0 Å². The molecule has 0 aliphatic rings. The number of hydrogen-bond donors (Lipinski definition) is 2. The van der Waals surface area contributed by atoms with Crippen LogP contribution < -0.4 is 10.6 Å². The van der Waals surface area contributed by atoms with Crippen molar-refractivity contribution in [1.82, 2.24) is 19.9 Å². The number of carbonyl (C=O) groups excluding carboxylic acids is 2. The number of aromatic nitrogens is 3. The van der Waals surface area contributed by atoms with E-state index in [1.807, 2.05) is 12.1 Å². The Kier molecular flexibility index (Phi) is 6.47. The van der Waals surface area contributed by atoms with Gasteiger partial charge in [0.2, 0.25) is 11.9 Å². The number of nitrogens with zero attached hydrogens (tertiary/aromatic N) is 4. The monoisotopic (exact) mass is 390 g/mol. The summed E-state index contributed by atoms with van der Waals surface area (Å²) in [5, 5.41) is 5.77. The number of amides is 2. The molecule has 1 aromatic carbocycles. The highest BCUT2D eigenvalue weighted by atomic mass is 16.2. The van der Waals surface area contributed by atoms with E-state index in [-0.39, 0.29) is 11.8 Å². The number of likely N-dealkylation sites (N-methyl/N-ethyl adjacent to an activating group) is 1. The van der Waals surface area contributed by atoms with Gasteiger partial charge in [-0.1, -0.05) is 0 Å². The summed E-state index contributed by atoms with van der Waals surface area (Å²) in [6, 6.07) is 12.6. The molecule has 0 saturated heterocycles. The summed E-state index contributed by atoms with van der Waals surface area (Å²) in [4.78, 5) is 37.9. The minimum absolute atomic E-state index is 0.131. The normalized spacial score (nSPS) is 10.3. The molecular weight excluding hydrogens is 368 g/mol. The molecule has 0 saturated carbocycles. The lowest BCUT2D eigenvalue weighted by Crippen LogP contribution is -2.29. The van der Waals surface area contributed by atoms with Crippen molar-refractivity contribution < 1.29 is 9.59 Å². The highest BCUT2D eigenvalue weighted by molar-refractivity contribution is 5.92. The number of pyridine rings is 1. The van der Waals surface area contributed by atoms with Gasteiger partial charge in [-0.2, -0.15) is 0 Å². The van der Waals surface area contributed by atoms with Crippen molar-refractivity contribution in [3.05, 3.63) is 72.3 Å². The van der Waals surface area contributed by atoms with Crippen LogP contribution in [0.1, 0.15) is 23.0 Å². The minimum atomic E-state index is -0.175. The Morgan fingerprint density at radius 3 is 2.34 bits per heavy atom. The highest BCUT2D eigenvalue weighted by Gasteiger charge is 2.14. The zero-order valence-corrected chi connectivity index (χ0v) is 16.3. The zero-order valence-electron chi connectivity index (χ0n) is 16.3. The summed E-state index contributed by atoms with van der Waals surface area (Å²) in [6.07, 6.45) is 5.76. The number of hydrogen-bond acceptors (Lipinski definition) is 6. The maximum absolute atomic E-state index is 12.7. The van der Waals surface area contributed by atoms with Crippen LogP contribution in [0.25, 0.3) is 0 Å². The fraction of sp³-hybridized carbons (Fsp3) is 0.190. The molecule has 2 heterocycles. The van der Waals surface area contributed by atoms with Crippen molar-refractivity contribution in [2.75, 3.05) is 24.2 Å². The van der Waals surface area contributed by atoms with Crippen molar-refractivity contribution >= 4 is 29.1 Å². The molecule has 0 aliphatic heterocycles. The quantitative estimate of drug-likeness (QED) is 0.643. The average Bonchev–Trinajstić information content (AvgIpc) is 2.73. The van der Waals surface area contributed by atoms with Gasteiger partial charge in [-0.3, -0.25) is 14.6 Å². The Morgan fingerprint density at radius 1 is 0.966 bits per heavy atom. The van der Waals surface area contributed by atoms with Crippen LogP contribution in [0.3, 0.4) is 0 Å². The molecule has 2 aromatic heterocycles. The maximum Gasteiger partial charge on any atom is 0.272 e. The predicted molar refractivity (Wildman–Crippen MR) is 111 cm³/mol. The largest absolute Gasteiger partial charge is 0.340 e. The molecule has 0 radical (unpaired) electrons. The van der Waals surface area contributed by atoms with E-state index in [0.29, 0.717) is 23.9 Å². The molecule has 148 valence electrons. The van der Waals surface area contributed by atoms with E-state index in [4.69, 9.17) is 0 Å². The summed E-state index contributed by atoms with van der Waals surface area (Å²) in [7, 11) is 1.75. The molecule has 0 atom stereocenters. The second-order valence-electron chi connectivity index (χ2n) is 6.48. The Labute approximate surface area is 169 Å². The van der Waals surface area contributed by atoms with Crippen molar-refractivity contribution in [1.29, 1.82) is 0 Å². The van der Waals surface area contributed by atoms with Crippen LogP contribution in [0.2, 0.25) is 0 Å². The van der Waals surface area contributed by atoms with E-state index < -0.39 is 0 Å². The fourth-order valence-electron chi connectivity index (χ4n) is 2.65. The fourth-order valence-corrected chi connectivity index (χ4v) is 2.65. The molecule has 8 nitrogen and oxygen atoms in total. The van der Waals surface area contributed by atoms with Crippen LogP contribution in [0.15, 0.2) is 61.1 Å². The summed E-state index contributed by atoms with van der Waals surface area (Å²) in [5.74, 6) is 0.0180. The SMILES string of the molecule is CC(=O)Nc1ccc(Nc2nccc(C(=O)N(C)CCc3ccncc3)n2)cc1. The molecule has 3 rings (SSSR count). The Bertz CT molecular complexity index is 976. The van der Waals surface area contributed by atoms with Gasteiger partial charge in [0.25, 0.3) is 5.91 Å². The van der Waals surface area contributed by atoms with Crippen molar-refractivity contribution in [2.24, 2.45) is 0 Å². The topological polar surface area (TPSA) is 100 Å². The zero-order chi connectivity index (χ0) is 20.6. The van der Waals surface area contributed by atoms with E-state index in [9.17, 15) is 9.59 Å². The summed E-state index contributed by atoms with van der Waals surface area (Å²) >= 11 is 0. The number of rotatable bonds is 7. The Morgan fingerprint density at radius 2 is 1.66 bits per heavy atom. The van der Waals surface area contributed by atoms with Gasteiger partial charge in [0.1, 0.15) is 5.69 Å². The predicted octanol–water partition coefficient (Wildman–Crippen LogP) is 2.89. The van der Waals surface area contributed by atoms with Gasteiger partial charge in [-0.05, 0) is 54.4 Å². The van der Waals surface area contributed by atoms with E-state index in [0.717, 1.165) is 17.7 Å². The molecule has 0 bridgehead atoms. The summed E-state index contributed by atoms with van der Waals surface area (Å²) < 4.78 is 0. The lowest BCUT2D eigenvalue weighted by molar-refractivity contribution is -0.114. The third-order valence-corrected chi connectivity index (χ3v) is 4.17. The van der Waals surface area contributed by atoms with Crippen LogP contribution >= 0.6 is 0 Å². The van der Waals surface area contributed by atoms with E-state index in [2.05, 4.69) is 25.6 Å². The first-order valence-electron chi connectivity index (χ1n) is 9.13. The molecule has 3 aromatic rings. The van der Waals surface area contributed by atoms with Crippen molar-refractivity contribution in [3.63, 3.8) is 0 Å². The minimum Gasteiger partial charge on any atom is -0.340 e. The van der Waals surface area contributed by atoms with E-state index in [1.54, 1.807) is 60.9 Å². The first-order chi connectivity index (χ1) is 14.0. The van der Waals surface area contributed by atoms with Crippen LogP contribution in [0.4, 0.5) is 17.3 Å². The maximum atomic E-state index is 12.7. The first kappa shape index (κ1) is 19.9. The van der Waals surface area contributed by atoms with Gasteiger partial charge in [-0.25, -0.2) is 9.97 Å². The summed E-state index contributed by atoms with van der Waals surface area (Å²) in [5.41, 5.74) is 2.88. The second kappa shape index (κ2) is 9.41. The molecule has 0 aliphatic carbocycles. The Hall–Kier alpha value is -3.81. The number of nitrogens with one attached hydrogen (secondary N) is 2. The lowest BCUT2D eigenvalue weighted by atomic mass is 10.2. The van der Waals surface area contributed by atoms with E-state index in [1.165, 1.54) is 6.92 Å². The van der Waals surface area contributed by atoms with Crippen LogP contribution in [-0.2, 0) is 11.2 Å². The van der Waals surface area contributed by atoms with Crippen molar-refractivity contribution in [2.45, 2.75) is 13.3 Å². The molecule has 2 amide bonds. The molecule has 0 spiro atoms. The standard InChI is InChI=1S/C21H22N6O2/c1-15(28)24-17-3-5-18(6-4-17)25-21-23-13-9-19(26-21)20(29)27(2)14-10-16-7-11-22-12-8-16/h3-9,11-13H,10,14H2,1-2H3,(H,24,28)(H,23,25,26). The molecular formula is C21H22N6O2. The van der Waals surface area contributed by atoms with Crippen LogP contribution in [-0.4, -0.2) is 45.3 Å². The second-order valence-corrected chi connectivity index (χ2v) is 6.48. The molecule has 0 fully saturated rings. The van der Waals surface area contributed by atoms with Gasteiger partial charge in [0.05, 0.1) is 0 Å². The highest BCUT2D eigenvalue weighted by Crippen LogP contribution is 2.17. The van der Waals surface area contributed by atoms with Crippen molar-refractivity contribution in [3.8, 4) is 0 Å². The molecule has 29 heavy (non-hydrogen) atoms.